The molecule has 0 aliphatic carbocycles. The zero-order valence-electron chi connectivity index (χ0n) is 9.04. The number of ether oxygens (including phenoxy) is 1. The van der Waals surface area contributed by atoms with Gasteiger partial charge in [0.25, 0.3) is 0 Å². The first-order valence-corrected chi connectivity index (χ1v) is 4.77. The van der Waals surface area contributed by atoms with Gasteiger partial charge < -0.3 is 10.5 Å². The van der Waals surface area contributed by atoms with Crippen LogP contribution < -0.4 is 10.5 Å². The monoisotopic (exact) mass is 221 g/mol. The van der Waals surface area contributed by atoms with Gasteiger partial charge in [-0.25, -0.2) is 4.39 Å². The first-order chi connectivity index (χ1) is 7.61. The molecule has 1 heterocycles. The normalized spacial score (nSPS) is 10.4. The summed E-state index contributed by atoms with van der Waals surface area (Å²) in [6.07, 6.45) is 0. The third kappa shape index (κ3) is 1.71. The Balaban J connectivity index is 2.56. The summed E-state index contributed by atoms with van der Waals surface area (Å²) < 4.78 is 18.9. The van der Waals surface area contributed by atoms with Gasteiger partial charge in [-0.05, 0) is 24.6 Å². The van der Waals surface area contributed by atoms with E-state index in [2.05, 4.69) is 10.2 Å². The summed E-state index contributed by atoms with van der Waals surface area (Å²) in [7, 11) is 1.55. The maximum atomic E-state index is 13.7. The van der Waals surface area contributed by atoms with Gasteiger partial charge in [0.2, 0.25) is 0 Å². The molecule has 2 aromatic rings. The maximum Gasteiger partial charge on any atom is 0.145 e. The second kappa shape index (κ2) is 3.84. The van der Waals surface area contributed by atoms with Gasteiger partial charge >= 0.3 is 0 Å². The van der Waals surface area contributed by atoms with Crippen molar-refractivity contribution < 1.29 is 9.13 Å². The Morgan fingerprint density at radius 1 is 1.38 bits per heavy atom. The maximum absolute atomic E-state index is 13.7. The average molecular weight is 221 g/mol. The van der Waals surface area contributed by atoms with Crippen molar-refractivity contribution in [3.63, 3.8) is 0 Å². The highest BCUT2D eigenvalue weighted by Gasteiger charge is 2.11. The molecule has 1 aromatic heterocycles. The standard InChI is InChI=1S/C11H12FN3O/c1-6-3-8(12)7(4-10(6)16-2)9-5-11(13)15-14-9/h3-5H,1-2H3,(H3,13,14,15). The summed E-state index contributed by atoms with van der Waals surface area (Å²) in [4.78, 5) is 0. The van der Waals surface area contributed by atoms with Crippen LogP contribution in [0.5, 0.6) is 5.75 Å². The molecule has 0 radical (unpaired) electrons. The lowest BCUT2D eigenvalue weighted by atomic mass is 10.1. The molecule has 0 fully saturated rings. The van der Waals surface area contributed by atoms with Gasteiger partial charge in [0.05, 0.1) is 12.8 Å². The van der Waals surface area contributed by atoms with Crippen molar-refractivity contribution in [2.75, 3.05) is 12.8 Å². The summed E-state index contributed by atoms with van der Waals surface area (Å²) in [6.45, 7) is 1.78. The van der Waals surface area contributed by atoms with E-state index in [0.29, 0.717) is 22.8 Å². The van der Waals surface area contributed by atoms with Crippen molar-refractivity contribution in [3.05, 3.63) is 29.6 Å². The van der Waals surface area contributed by atoms with Crippen molar-refractivity contribution in [1.29, 1.82) is 0 Å². The predicted octanol–water partition coefficient (Wildman–Crippen LogP) is 2.12. The summed E-state index contributed by atoms with van der Waals surface area (Å²) in [5.41, 5.74) is 7.15. The fraction of sp³-hybridized carbons (Fsp3) is 0.182. The van der Waals surface area contributed by atoms with Gasteiger partial charge in [-0.2, -0.15) is 5.10 Å². The van der Waals surface area contributed by atoms with E-state index in [1.165, 1.54) is 6.07 Å². The Morgan fingerprint density at radius 3 is 2.69 bits per heavy atom. The summed E-state index contributed by atoms with van der Waals surface area (Å²) in [5.74, 6) is 0.625. The highest BCUT2D eigenvalue weighted by molar-refractivity contribution is 5.65. The number of anilines is 1. The number of aromatic nitrogens is 2. The third-order valence-electron chi connectivity index (χ3n) is 2.37. The fourth-order valence-electron chi connectivity index (χ4n) is 1.55. The van der Waals surface area contributed by atoms with Crippen LogP contribution in [0, 0.1) is 12.7 Å². The molecule has 0 saturated heterocycles. The number of nitrogens with one attached hydrogen (secondary N) is 1. The lowest BCUT2D eigenvalue weighted by molar-refractivity contribution is 0.410. The van der Waals surface area contributed by atoms with Crippen molar-refractivity contribution in [1.82, 2.24) is 10.2 Å². The van der Waals surface area contributed by atoms with Crippen LogP contribution in [0.1, 0.15) is 5.56 Å². The number of hydrogen-bond donors (Lipinski definition) is 2. The molecule has 0 unspecified atom stereocenters. The predicted molar refractivity (Wildman–Crippen MR) is 59.7 cm³/mol. The van der Waals surface area contributed by atoms with Crippen LogP contribution in [0.15, 0.2) is 18.2 Å². The van der Waals surface area contributed by atoms with E-state index in [9.17, 15) is 4.39 Å². The number of benzene rings is 1. The Kier molecular flexibility index (Phi) is 2.52. The summed E-state index contributed by atoms with van der Waals surface area (Å²) in [5, 5.41) is 6.42. The molecule has 0 atom stereocenters. The lowest BCUT2D eigenvalue weighted by Crippen LogP contribution is -1.92. The van der Waals surface area contributed by atoms with E-state index < -0.39 is 0 Å². The van der Waals surface area contributed by atoms with Crippen LogP contribution in [0.3, 0.4) is 0 Å². The highest BCUT2D eigenvalue weighted by Crippen LogP contribution is 2.29. The van der Waals surface area contributed by atoms with Gasteiger partial charge in [-0.15, -0.1) is 0 Å². The number of halogens is 1. The fourth-order valence-corrected chi connectivity index (χ4v) is 1.55. The van der Waals surface area contributed by atoms with Crippen LogP contribution in [0.4, 0.5) is 10.2 Å². The highest BCUT2D eigenvalue weighted by atomic mass is 19.1. The minimum absolute atomic E-state index is 0.328. The molecule has 5 heteroatoms. The first-order valence-electron chi connectivity index (χ1n) is 4.77. The van der Waals surface area contributed by atoms with Crippen LogP contribution in [0.25, 0.3) is 11.3 Å². The average Bonchev–Trinajstić information content (AvgIpc) is 2.65. The zero-order valence-corrected chi connectivity index (χ0v) is 9.04. The number of aryl methyl sites for hydroxylation is 1. The van der Waals surface area contributed by atoms with Crippen molar-refractivity contribution in [2.24, 2.45) is 0 Å². The molecule has 2 rings (SSSR count). The minimum Gasteiger partial charge on any atom is -0.496 e. The second-order valence-corrected chi connectivity index (χ2v) is 3.51. The zero-order chi connectivity index (χ0) is 11.7. The number of aromatic amines is 1. The first kappa shape index (κ1) is 10.5. The molecule has 0 amide bonds. The van der Waals surface area contributed by atoms with E-state index in [4.69, 9.17) is 10.5 Å². The molecule has 0 aliphatic heterocycles. The van der Waals surface area contributed by atoms with E-state index >= 15 is 0 Å². The number of H-pyrrole nitrogens is 1. The van der Waals surface area contributed by atoms with Crippen LogP contribution in [-0.2, 0) is 0 Å². The van der Waals surface area contributed by atoms with Crippen LogP contribution in [-0.4, -0.2) is 17.3 Å². The number of methoxy groups -OCH3 is 1. The molecule has 84 valence electrons. The largest absolute Gasteiger partial charge is 0.496 e. The SMILES string of the molecule is COc1cc(-c2cc(N)n[nH]2)c(F)cc1C. The van der Waals surface area contributed by atoms with Gasteiger partial charge in [-0.3, -0.25) is 5.10 Å². The topological polar surface area (TPSA) is 63.9 Å². The number of nitrogen functional groups attached to an aromatic ring is 1. The summed E-state index contributed by atoms with van der Waals surface area (Å²) >= 11 is 0. The van der Waals surface area contributed by atoms with Gasteiger partial charge in [0.15, 0.2) is 0 Å². The van der Waals surface area contributed by atoms with Gasteiger partial charge in [0, 0.05) is 11.6 Å². The van der Waals surface area contributed by atoms with Crippen molar-refractivity contribution in [3.8, 4) is 17.0 Å². The molecular formula is C11H12FN3O. The molecule has 0 bridgehead atoms. The summed E-state index contributed by atoms with van der Waals surface area (Å²) in [6, 6.07) is 4.62. The Bertz CT molecular complexity index is 522. The molecular weight excluding hydrogens is 209 g/mol. The lowest BCUT2D eigenvalue weighted by Gasteiger charge is -2.07. The second-order valence-electron chi connectivity index (χ2n) is 3.51. The molecule has 0 aliphatic rings. The Hall–Kier alpha value is -2.04. The van der Waals surface area contributed by atoms with Crippen molar-refractivity contribution in [2.45, 2.75) is 6.92 Å². The van der Waals surface area contributed by atoms with E-state index in [0.717, 1.165) is 5.56 Å². The Morgan fingerprint density at radius 2 is 2.12 bits per heavy atom. The number of nitrogens with zero attached hydrogens (tertiary/aromatic N) is 1. The molecule has 4 nitrogen and oxygen atoms in total. The number of hydrogen-bond acceptors (Lipinski definition) is 3. The molecule has 3 N–H and O–H groups in total. The molecule has 16 heavy (non-hydrogen) atoms. The smallest absolute Gasteiger partial charge is 0.145 e. The molecule has 1 aromatic carbocycles. The molecule has 0 saturated carbocycles. The van der Waals surface area contributed by atoms with E-state index in [-0.39, 0.29) is 5.82 Å². The molecule has 0 spiro atoms. The van der Waals surface area contributed by atoms with Crippen molar-refractivity contribution >= 4 is 5.82 Å². The van der Waals surface area contributed by atoms with Gasteiger partial charge in [-0.1, -0.05) is 0 Å². The van der Waals surface area contributed by atoms with Gasteiger partial charge in [0.1, 0.15) is 17.4 Å². The van der Waals surface area contributed by atoms with Crippen LogP contribution >= 0.6 is 0 Å². The number of rotatable bonds is 2. The van der Waals surface area contributed by atoms with E-state index in [1.54, 1.807) is 26.2 Å². The third-order valence-corrected chi connectivity index (χ3v) is 2.37. The van der Waals surface area contributed by atoms with Crippen LogP contribution in [0.2, 0.25) is 0 Å². The number of nitrogens with two attached hydrogens (primary N) is 1. The van der Waals surface area contributed by atoms with E-state index in [1.807, 2.05) is 0 Å². The minimum atomic E-state index is -0.332. The quantitative estimate of drug-likeness (QED) is 0.816. The Labute approximate surface area is 92.2 Å².